The summed E-state index contributed by atoms with van der Waals surface area (Å²) in [5, 5.41) is 3.87. The van der Waals surface area contributed by atoms with Crippen LogP contribution in [0.3, 0.4) is 0 Å². The van der Waals surface area contributed by atoms with Crippen LogP contribution in [0, 0.1) is 5.41 Å². The van der Waals surface area contributed by atoms with Gasteiger partial charge in [0.1, 0.15) is 0 Å². The van der Waals surface area contributed by atoms with Crippen molar-refractivity contribution in [3.05, 3.63) is 0 Å². The lowest BCUT2D eigenvalue weighted by molar-refractivity contribution is 0.0878. The molecule has 2 rings (SSSR count). The molecule has 112 valence electrons. The molecule has 1 aliphatic heterocycles. The second-order valence-electron chi connectivity index (χ2n) is 6.64. The fourth-order valence-electron chi connectivity index (χ4n) is 4.20. The maximum atomic E-state index is 5.81. The molecule has 0 amide bonds. The van der Waals surface area contributed by atoms with Gasteiger partial charge in [-0.15, -0.1) is 0 Å². The van der Waals surface area contributed by atoms with Gasteiger partial charge in [0.05, 0.1) is 6.10 Å². The molecule has 0 radical (unpaired) electrons. The minimum atomic E-state index is 0.557. The maximum Gasteiger partial charge on any atom is 0.0576 e. The van der Waals surface area contributed by atoms with E-state index in [0.717, 1.165) is 12.6 Å². The molecular formula is C17H33NO. The number of nitrogens with one attached hydrogen (secondary N) is 1. The normalized spacial score (nSPS) is 27.8. The van der Waals surface area contributed by atoms with Crippen molar-refractivity contribution in [2.45, 2.75) is 90.2 Å². The van der Waals surface area contributed by atoms with Gasteiger partial charge in [0.2, 0.25) is 0 Å². The third kappa shape index (κ3) is 3.95. The molecule has 2 fully saturated rings. The third-order valence-electron chi connectivity index (χ3n) is 5.48. The third-order valence-corrected chi connectivity index (χ3v) is 5.48. The molecule has 0 aromatic rings. The molecule has 0 aromatic carbocycles. The van der Waals surface area contributed by atoms with Crippen LogP contribution in [-0.2, 0) is 4.74 Å². The quantitative estimate of drug-likeness (QED) is 0.708. The summed E-state index contributed by atoms with van der Waals surface area (Å²) in [6.45, 7) is 6.85. The number of rotatable bonds is 8. The van der Waals surface area contributed by atoms with Crippen molar-refractivity contribution in [3.63, 3.8) is 0 Å². The summed E-state index contributed by atoms with van der Waals surface area (Å²) in [7, 11) is 0. The Hall–Kier alpha value is -0.0800. The standard InChI is InChI=1S/C17H33NO/c1-3-13-18-16(10-9-15-8-7-14-19-15)17(4-2)11-5-6-12-17/h15-16,18H,3-14H2,1-2H3. The predicted octanol–water partition coefficient (Wildman–Crippen LogP) is 4.28. The Labute approximate surface area is 119 Å². The van der Waals surface area contributed by atoms with E-state index in [1.165, 1.54) is 70.8 Å². The van der Waals surface area contributed by atoms with Crippen LogP contribution in [0.2, 0.25) is 0 Å². The van der Waals surface area contributed by atoms with E-state index >= 15 is 0 Å². The van der Waals surface area contributed by atoms with Gasteiger partial charge in [0.15, 0.2) is 0 Å². The smallest absolute Gasteiger partial charge is 0.0576 e. The Balaban J connectivity index is 1.89. The zero-order chi connectivity index (χ0) is 13.6. The molecule has 2 heteroatoms. The zero-order valence-corrected chi connectivity index (χ0v) is 13.0. The summed E-state index contributed by atoms with van der Waals surface area (Å²) < 4.78 is 5.81. The van der Waals surface area contributed by atoms with Gasteiger partial charge in [-0.25, -0.2) is 0 Å². The molecular weight excluding hydrogens is 234 g/mol. The maximum absolute atomic E-state index is 5.81. The van der Waals surface area contributed by atoms with E-state index in [0.29, 0.717) is 11.5 Å². The second kappa shape index (κ2) is 7.64. The minimum Gasteiger partial charge on any atom is -0.378 e. The molecule has 1 saturated heterocycles. The van der Waals surface area contributed by atoms with Gasteiger partial charge < -0.3 is 10.1 Å². The Morgan fingerprint density at radius 2 is 2.00 bits per heavy atom. The molecule has 0 aromatic heterocycles. The van der Waals surface area contributed by atoms with E-state index in [1.54, 1.807) is 0 Å². The van der Waals surface area contributed by atoms with Crippen LogP contribution < -0.4 is 5.32 Å². The van der Waals surface area contributed by atoms with Gasteiger partial charge in [0.25, 0.3) is 0 Å². The van der Waals surface area contributed by atoms with E-state index in [9.17, 15) is 0 Å². The first kappa shape index (κ1) is 15.3. The van der Waals surface area contributed by atoms with Crippen molar-refractivity contribution >= 4 is 0 Å². The molecule has 1 N–H and O–H groups in total. The second-order valence-corrected chi connectivity index (χ2v) is 6.64. The number of hydrogen-bond acceptors (Lipinski definition) is 2. The van der Waals surface area contributed by atoms with Crippen molar-refractivity contribution in [2.75, 3.05) is 13.2 Å². The van der Waals surface area contributed by atoms with Crippen LogP contribution in [0.15, 0.2) is 0 Å². The van der Waals surface area contributed by atoms with E-state index < -0.39 is 0 Å². The predicted molar refractivity (Wildman–Crippen MR) is 81.5 cm³/mol. The molecule has 0 bridgehead atoms. The van der Waals surface area contributed by atoms with Gasteiger partial charge in [0, 0.05) is 12.6 Å². The molecule has 2 aliphatic rings. The van der Waals surface area contributed by atoms with E-state index in [4.69, 9.17) is 4.74 Å². The zero-order valence-electron chi connectivity index (χ0n) is 13.0. The largest absolute Gasteiger partial charge is 0.378 e. The van der Waals surface area contributed by atoms with Gasteiger partial charge in [-0.2, -0.15) is 0 Å². The van der Waals surface area contributed by atoms with Gasteiger partial charge >= 0.3 is 0 Å². The summed E-state index contributed by atoms with van der Waals surface area (Å²) >= 11 is 0. The van der Waals surface area contributed by atoms with Gasteiger partial charge in [-0.3, -0.25) is 0 Å². The first-order valence-corrected chi connectivity index (χ1v) is 8.65. The lowest BCUT2D eigenvalue weighted by atomic mass is 9.74. The van der Waals surface area contributed by atoms with Crippen LogP contribution in [0.1, 0.15) is 78.1 Å². The molecule has 1 aliphatic carbocycles. The molecule has 2 nitrogen and oxygen atoms in total. The SMILES string of the molecule is CCCNC(CCC1CCCO1)C1(CC)CCCC1. The Kier molecular flexibility index (Phi) is 6.15. The molecule has 2 unspecified atom stereocenters. The number of ether oxygens (including phenoxy) is 1. The highest BCUT2D eigenvalue weighted by molar-refractivity contribution is 4.94. The van der Waals surface area contributed by atoms with Crippen LogP contribution in [0.4, 0.5) is 0 Å². The highest BCUT2D eigenvalue weighted by Crippen LogP contribution is 2.45. The summed E-state index contributed by atoms with van der Waals surface area (Å²) in [5.41, 5.74) is 0.591. The van der Waals surface area contributed by atoms with Crippen LogP contribution in [-0.4, -0.2) is 25.3 Å². The molecule has 1 heterocycles. The van der Waals surface area contributed by atoms with Gasteiger partial charge in [-0.05, 0) is 63.3 Å². The first-order chi connectivity index (χ1) is 9.30. The highest BCUT2D eigenvalue weighted by Gasteiger charge is 2.39. The average molecular weight is 267 g/mol. The fourth-order valence-corrected chi connectivity index (χ4v) is 4.20. The minimum absolute atomic E-state index is 0.557. The van der Waals surface area contributed by atoms with E-state index in [2.05, 4.69) is 19.2 Å². The lowest BCUT2D eigenvalue weighted by Gasteiger charge is -2.38. The Morgan fingerprint density at radius 3 is 2.58 bits per heavy atom. The van der Waals surface area contributed by atoms with E-state index in [-0.39, 0.29) is 0 Å². The summed E-state index contributed by atoms with van der Waals surface area (Å²) in [5.74, 6) is 0. The Bertz CT molecular complexity index is 242. The number of hydrogen-bond donors (Lipinski definition) is 1. The van der Waals surface area contributed by atoms with Crippen molar-refractivity contribution in [2.24, 2.45) is 5.41 Å². The fraction of sp³-hybridized carbons (Fsp3) is 1.00. The molecule has 19 heavy (non-hydrogen) atoms. The summed E-state index contributed by atoms with van der Waals surface area (Å²) in [6, 6.07) is 0.726. The highest BCUT2D eigenvalue weighted by atomic mass is 16.5. The van der Waals surface area contributed by atoms with Crippen molar-refractivity contribution in [1.82, 2.24) is 5.32 Å². The molecule has 2 atom stereocenters. The van der Waals surface area contributed by atoms with Crippen LogP contribution in [0.25, 0.3) is 0 Å². The average Bonchev–Trinajstić information content (AvgIpc) is 3.10. The monoisotopic (exact) mass is 267 g/mol. The molecule has 0 spiro atoms. The van der Waals surface area contributed by atoms with Gasteiger partial charge in [-0.1, -0.05) is 26.7 Å². The van der Waals surface area contributed by atoms with Crippen molar-refractivity contribution in [1.29, 1.82) is 0 Å². The lowest BCUT2D eigenvalue weighted by Crippen LogP contribution is -2.44. The van der Waals surface area contributed by atoms with Crippen LogP contribution in [0.5, 0.6) is 0 Å². The topological polar surface area (TPSA) is 21.3 Å². The summed E-state index contributed by atoms with van der Waals surface area (Å²) in [4.78, 5) is 0. The summed E-state index contributed by atoms with van der Waals surface area (Å²) in [6.07, 6.45) is 14.1. The van der Waals surface area contributed by atoms with E-state index in [1.807, 2.05) is 0 Å². The molecule has 1 saturated carbocycles. The van der Waals surface area contributed by atoms with Crippen molar-refractivity contribution in [3.8, 4) is 0 Å². The van der Waals surface area contributed by atoms with Crippen LogP contribution >= 0.6 is 0 Å². The Morgan fingerprint density at radius 1 is 1.21 bits per heavy atom. The first-order valence-electron chi connectivity index (χ1n) is 8.65. The van der Waals surface area contributed by atoms with Crippen molar-refractivity contribution < 1.29 is 4.74 Å².